The zero-order chi connectivity index (χ0) is 25.9. The number of ether oxygens (including phenoxy) is 3. The maximum Gasteiger partial charge on any atom is 0.251 e. The van der Waals surface area contributed by atoms with Gasteiger partial charge in [-0.25, -0.2) is 14.6 Å². The Morgan fingerprint density at radius 3 is 2.32 bits per heavy atom. The van der Waals surface area contributed by atoms with Crippen LogP contribution in [0.2, 0.25) is 0 Å². The Hall–Kier alpha value is -4.28. The van der Waals surface area contributed by atoms with Crippen molar-refractivity contribution in [3.63, 3.8) is 0 Å². The summed E-state index contributed by atoms with van der Waals surface area (Å²) in [5.74, 6) is 2.18. The molecule has 5 aromatic rings. The van der Waals surface area contributed by atoms with Gasteiger partial charge in [0.15, 0.2) is 11.5 Å². The average molecular weight is 516 g/mol. The van der Waals surface area contributed by atoms with Gasteiger partial charge in [-0.05, 0) is 29.3 Å². The van der Waals surface area contributed by atoms with Crippen LogP contribution in [0.3, 0.4) is 0 Å². The molecule has 5 rings (SSSR count). The minimum atomic E-state index is -2.13. The molecule has 188 valence electrons. The van der Waals surface area contributed by atoms with E-state index < -0.39 is 11.1 Å². The van der Waals surface area contributed by atoms with Crippen LogP contribution < -0.4 is 14.2 Å². The van der Waals surface area contributed by atoms with Crippen molar-refractivity contribution in [3.8, 4) is 45.6 Å². The van der Waals surface area contributed by atoms with E-state index in [4.69, 9.17) is 24.2 Å². The first-order valence-corrected chi connectivity index (χ1v) is 12.5. The lowest BCUT2D eigenvalue weighted by atomic mass is 10.1. The quantitative estimate of drug-likeness (QED) is 0.277. The van der Waals surface area contributed by atoms with Crippen molar-refractivity contribution < 1.29 is 23.0 Å². The van der Waals surface area contributed by atoms with Crippen molar-refractivity contribution in [2.45, 2.75) is 5.75 Å². The van der Waals surface area contributed by atoms with Crippen molar-refractivity contribution in [2.75, 3.05) is 21.3 Å². The highest BCUT2D eigenvalue weighted by molar-refractivity contribution is 7.78. The summed E-state index contributed by atoms with van der Waals surface area (Å²) >= 11 is -2.13. The topological polar surface area (TPSA) is 111 Å². The molecule has 2 heterocycles. The predicted molar refractivity (Wildman–Crippen MR) is 140 cm³/mol. The maximum atomic E-state index is 11.0. The monoisotopic (exact) mass is 515 g/mol. The lowest BCUT2D eigenvalue weighted by Gasteiger charge is -2.13. The van der Waals surface area contributed by atoms with E-state index in [2.05, 4.69) is 5.10 Å². The summed E-state index contributed by atoms with van der Waals surface area (Å²) in [6.45, 7) is 0. The fourth-order valence-corrected chi connectivity index (χ4v) is 4.51. The van der Waals surface area contributed by atoms with E-state index in [9.17, 15) is 8.76 Å². The van der Waals surface area contributed by atoms with Gasteiger partial charge in [0, 0.05) is 34.5 Å². The van der Waals surface area contributed by atoms with Crippen LogP contribution in [0.4, 0.5) is 0 Å². The lowest BCUT2D eigenvalue weighted by molar-refractivity contribution is 0.356. The van der Waals surface area contributed by atoms with E-state index in [-0.39, 0.29) is 5.75 Å². The number of rotatable bonds is 8. The molecule has 9 nitrogen and oxygen atoms in total. The van der Waals surface area contributed by atoms with Crippen LogP contribution in [-0.4, -0.2) is 49.8 Å². The van der Waals surface area contributed by atoms with Crippen molar-refractivity contribution in [1.82, 2.24) is 19.7 Å². The molecule has 0 bridgehead atoms. The Morgan fingerprint density at radius 1 is 0.865 bits per heavy atom. The minimum Gasteiger partial charge on any atom is -0.772 e. The summed E-state index contributed by atoms with van der Waals surface area (Å²) in [5, 5.41) is 5.28. The summed E-state index contributed by atoms with van der Waals surface area (Å²) in [4.78, 5) is 9.64. The van der Waals surface area contributed by atoms with Gasteiger partial charge in [-0.15, -0.1) is 0 Å². The molecule has 1 unspecified atom stereocenters. The standard InChI is InChI=1S/C27H24N4O5S/c1-34-21-6-4-5-19(11-21)26-22-12-24(35-2)25(36-3)13-23(22)29-27(30-26)31-15-20(14-28-31)18-9-7-17(8-10-18)16-37(32)33/h4-15H,16H2,1-3H3,(H,32,33)/p-1. The third-order valence-electron chi connectivity index (χ3n) is 5.89. The SMILES string of the molecule is COc1cccc(-c2nc(-n3cc(-c4ccc(CS(=O)[O-])cc4)cn3)nc3cc(OC)c(OC)cc23)c1. The van der Waals surface area contributed by atoms with E-state index in [1.807, 2.05) is 54.7 Å². The highest BCUT2D eigenvalue weighted by atomic mass is 32.2. The third kappa shape index (κ3) is 5.02. The number of hydrogen-bond acceptors (Lipinski definition) is 8. The molecule has 0 aliphatic rings. The number of aromatic nitrogens is 4. The molecule has 0 aliphatic carbocycles. The maximum absolute atomic E-state index is 11.0. The molecule has 1 atom stereocenters. The van der Waals surface area contributed by atoms with Crippen molar-refractivity contribution >= 4 is 22.0 Å². The lowest BCUT2D eigenvalue weighted by Crippen LogP contribution is -2.04. The van der Waals surface area contributed by atoms with Crippen molar-refractivity contribution in [2.24, 2.45) is 0 Å². The number of fused-ring (bicyclic) bond motifs is 1. The Morgan fingerprint density at radius 2 is 1.62 bits per heavy atom. The molecular weight excluding hydrogens is 492 g/mol. The summed E-state index contributed by atoms with van der Waals surface area (Å²) in [7, 11) is 4.78. The van der Waals surface area contributed by atoms with Crippen LogP contribution in [0.1, 0.15) is 5.56 Å². The smallest absolute Gasteiger partial charge is 0.251 e. The van der Waals surface area contributed by atoms with E-state index in [1.165, 1.54) is 0 Å². The number of methoxy groups -OCH3 is 3. The number of nitrogens with zero attached hydrogens (tertiary/aromatic N) is 4. The van der Waals surface area contributed by atoms with E-state index in [0.717, 1.165) is 27.6 Å². The van der Waals surface area contributed by atoms with Gasteiger partial charge in [0.05, 0.1) is 38.7 Å². The third-order valence-corrected chi connectivity index (χ3v) is 6.46. The van der Waals surface area contributed by atoms with E-state index in [1.54, 1.807) is 44.3 Å². The Kier molecular flexibility index (Phi) is 6.85. The second-order valence-corrected chi connectivity index (χ2v) is 9.04. The predicted octanol–water partition coefficient (Wildman–Crippen LogP) is 4.55. The average Bonchev–Trinajstić information content (AvgIpc) is 3.42. The molecular formula is C27H23N4O5S-. The second kappa shape index (κ2) is 10.4. The molecule has 0 amide bonds. The fourth-order valence-electron chi connectivity index (χ4n) is 4.05. The Labute approximate surface area is 216 Å². The summed E-state index contributed by atoms with van der Waals surface area (Å²) in [5.41, 5.74) is 4.65. The summed E-state index contributed by atoms with van der Waals surface area (Å²) < 4.78 is 40.0. The zero-order valence-electron chi connectivity index (χ0n) is 20.4. The van der Waals surface area contributed by atoms with Gasteiger partial charge in [0.1, 0.15) is 5.75 Å². The van der Waals surface area contributed by atoms with Crippen LogP contribution in [0.25, 0.3) is 39.2 Å². The highest BCUT2D eigenvalue weighted by Gasteiger charge is 2.17. The first-order chi connectivity index (χ1) is 18.0. The molecule has 0 radical (unpaired) electrons. The van der Waals surface area contributed by atoms with Gasteiger partial charge in [0.25, 0.3) is 5.95 Å². The molecule has 0 aliphatic heterocycles. The molecule has 0 N–H and O–H groups in total. The van der Waals surface area contributed by atoms with Crippen molar-refractivity contribution in [3.05, 3.63) is 78.6 Å². The zero-order valence-corrected chi connectivity index (χ0v) is 21.2. The Bertz CT molecular complexity index is 1600. The first kappa shape index (κ1) is 24.4. The molecule has 10 heteroatoms. The van der Waals surface area contributed by atoms with Crippen LogP contribution in [0.15, 0.2) is 73.1 Å². The number of hydrogen-bond donors (Lipinski definition) is 0. The fraction of sp³-hybridized carbons (Fsp3) is 0.148. The normalized spacial score (nSPS) is 11.9. The minimum absolute atomic E-state index is 0.0221. The summed E-state index contributed by atoms with van der Waals surface area (Å²) in [6, 6.07) is 18.6. The van der Waals surface area contributed by atoms with Gasteiger partial charge in [-0.3, -0.25) is 4.21 Å². The molecule has 0 fully saturated rings. The second-order valence-electron chi connectivity index (χ2n) is 8.15. The largest absolute Gasteiger partial charge is 0.772 e. The molecule has 37 heavy (non-hydrogen) atoms. The van der Waals surface area contributed by atoms with Crippen molar-refractivity contribution in [1.29, 1.82) is 0 Å². The first-order valence-electron chi connectivity index (χ1n) is 11.3. The number of benzene rings is 3. The molecule has 0 saturated carbocycles. The van der Waals surface area contributed by atoms with Crippen LogP contribution in [0.5, 0.6) is 17.2 Å². The molecule has 0 saturated heterocycles. The van der Waals surface area contributed by atoms with Crippen LogP contribution in [-0.2, 0) is 16.8 Å². The van der Waals surface area contributed by atoms with Gasteiger partial charge in [0.2, 0.25) is 0 Å². The summed E-state index contributed by atoms with van der Waals surface area (Å²) in [6.07, 6.45) is 3.55. The molecule has 3 aromatic carbocycles. The van der Waals surface area contributed by atoms with Gasteiger partial charge in [-0.2, -0.15) is 5.10 Å². The van der Waals surface area contributed by atoms with Crippen LogP contribution >= 0.6 is 0 Å². The molecule has 0 spiro atoms. The Balaban J connectivity index is 1.62. The molecule has 2 aromatic heterocycles. The van der Waals surface area contributed by atoms with Crippen LogP contribution in [0, 0.1) is 0 Å². The highest BCUT2D eigenvalue weighted by Crippen LogP contribution is 2.36. The van der Waals surface area contributed by atoms with Gasteiger partial charge in [-0.1, -0.05) is 47.5 Å². The van der Waals surface area contributed by atoms with Gasteiger partial charge >= 0.3 is 0 Å². The van der Waals surface area contributed by atoms with E-state index in [0.29, 0.717) is 34.4 Å². The van der Waals surface area contributed by atoms with E-state index >= 15 is 0 Å². The van der Waals surface area contributed by atoms with Gasteiger partial charge < -0.3 is 18.8 Å².